The molecule has 0 radical (unpaired) electrons. The largest absolute Gasteiger partial charge is 0.392 e. The fraction of sp³-hybridized carbons (Fsp3) is 0.500. The first-order valence-corrected chi connectivity index (χ1v) is 6.47. The predicted molar refractivity (Wildman–Crippen MR) is 74.7 cm³/mol. The number of halogens is 1. The highest BCUT2D eigenvalue weighted by Gasteiger charge is 2.12. The molecule has 0 fully saturated rings. The average Bonchev–Trinajstić information content (AvgIpc) is 2.34. The molecular formula is C14H19ClN2O. The molecule has 0 spiro atoms. The highest BCUT2D eigenvalue weighted by molar-refractivity contribution is 6.30. The summed E-state index contributed by atoms with van der Waals surface area (Å²) in [7, 11) is 0. The van der Waals surface area contributed by atoms with Crippen LogP contribution in [0.3, 0.4) is 0 Å². The molecule has 98 valence electrons. The van der Waals surface area contributed by atoms with Crippen molar-refractivity contribution in [2.75, 3.05) is 18.0 Å². The minimum Gasteiger partial charge on any atom is -0.392 e. The lowest BCUT2D eigenvalue weighted by atomic mass is 10.1. The van der Waals surface area contributed by atoms with Crippen molar-refractivity contribution in [2.24, 2.45) is 5.92 Å². The van der Waals surface area contributed by atoms with Crippen LogP contribution in [0.4, 0.5) is 5.69 Å². The van der Waals surface area contributed by atoms with E-state index in [1.54, 1.807) is 6.07 Å². The van der Waals surface area contributed by atoms with Gasteiger partial charge < -0.3 is 10.0 Å². The summed E-state index contributed by atoms with van der Waals surface area (Å²) < 4.78 is 0. The van der Waals surface area contributed by atoms with Crippen molar-refractivity contribution >= 4 is 17.3 Å². The number of aliphatic hydroxyl groups is 1. The maximum atomic E-state index is 9.38. The Morgan fingerprint density at radius 1 is 1.44 bits per heavy atom. The first kappa shape index (κ1) is 14.8. The maximum absolute atomic E-state index is 9.38. The molecule has 0 saturated carbocycles. The zero-order valence-corrected chi connectivity index (χ0v) is 11.6. The van der Waals surface area contributed by atoms with Gasteiger partial charge in [-0.05, 0) is 18.1 Å². The van der Waals surface area contributed by atoms with Crippen LogP contribution < -0.4 is 4.90 Å². The van der Waals surface area contributed by atoms with E-state index < -0.39 is 0 Å². The third kappa shape index (κ3) is 4.21. The van der Waals surface area contributed by atoms with Crippen LogP contribution in [-0.4, -0.2) is 18.2 Å². The number of nitriles is 1. The summed E-state index contributed by atoms with van der Waals surface area (Å²) in [6.07, 6.45) is 0.462. The van der Waals surface area contributed by atoms with Crippen molar-refractivity contribution in [3.63, 3.8) is 0 Å². The topological polar surface area (TPSA) is 47.3 Å². The SMILES string of the molecule is CC(C)CN(CCC#N)c1cc(Cl)ccc1CO. The minimum atomic E-state index is -0.0202. The van der Waals surface area contributed by atoms with E-state index >= 15 is 0 Å². The van der Waals surface area contributed by atoms with E-state index in [1.165, 1.54) is 0 Å². The summed E-state index contributed by atoms with van der Waals surface area (Å²) in [6.45, 7) is 5.73. The van der Waals surface area contributed by atoms with Gasteiger partial charge in [-0.1, -0.05) is 31.5 Å². The third-order valence-corrected chi connectivity index (χ3v) is 2.87. The van der Waals surface area contributed by atoms with Gasteiger partial charge in [-0.25, -0.2) is 0 Å². The van der Waals surface area contributed by atoms with Crippen LogP contribution in [-0.2, 0) is 6.61 Å². The van der Waals surface area contributed by atoms with E-state index in [2.05, 4.69) is 24.8 Å². The van der Waals surface area contributed by atoms with Crippen LogP contribution in [0.15, 0.2) is 18.2 Å². The van der Waals surface area contributed by atoms with Gasteiger partial charge in [0.1, 0.15) is 0 Å². The fourth-order valence-electron chi connectivity index (χ4n) is 1.90. The summed E-state index contributed by atoms with van der Waals surface area (Å²) in [5, 5.41) is 18.8. The molecule has 1 aromatic carbocycles. The summed E-state index contributed by atoms with van der Waals surface area (Å²) in [5.41, 5.74) is 1.77. The Kier molecular flexibility index (Phi) is 5.97. The van der Waals surface area contributed by atoms with Gasteiger partial charge in [0, 0.05) is 29.4 Å². The third-order valence-electron chi connectivity index (χ3n) is 2.64. The van der Waals surface area contributed by atoms with E-state index in [-0.39, 0.29) is 6.61 Å². The van der Waals surface area contributed by atoms with Crippen molar-refractivity contribution in [1.82, 2.24) is 0 Å². The molecule has 0 aromatic heterocycles. The Balaban J connectivity index is 3.02. The first-order valence-electron chi connectivity index (χ1n) is 6.09. The van der Waals surface area contributed by atoms with Crippen molar-refractivity contribution in [1.29, 1.82) is 5.26 Å². The predicted octanol–water partition coefficient (Wildman–Crippen LogP) is 3.21. The molecule has 18 heavy (non-hydrogen) atoms. The van der Waals surface area contributed by atoms with Gasteiger partial charge in [0.15, 0.2) is 0 Å². The number of hydrogen-bond donors (Lipinski definition) is 1. The summed E-state index contributed by atoms with van der Waals surface area (Å²) >= 11 is 6.02. The number of benzene rings is 1. The molecule has 0 aliphatic heterocycles. The Morgan fingerprint density at radius 2 is 2.17 bits per heavy atom. The number of rotatable bonds is 6. The first-order chi connectivity index (χ1) is 8.58. The highest BCUT2D eigenvalue weighted by atomic mass is 35.5. The van der Waals surface area contributed by atoms with Crippen LogP contribution in [0.5, 0.6) is 0 Å². The van der Waals surface area contributed by atoms with Crippen molar-refractivity contribution < 1.29 is 5.11 Å². The molecule has 0 bridgehead atoms. The van der Waals surface area contributed by atoms with Gasteiger partial charge in [0.2, 0.25) is 0 Å². The van der Waals surface area contributed by atoms with E-state index in [0.717, 1.165) is 17.8 Å². The molecule has 1 aromatic rings. The van der Waals surface area contributed by atoms with Gasteiger partial charge in [0.05, 0.1) is 19.1 Å². The Hall–Kier alpha value is -1.24. The second-order valence-corrected chi connectivity index (χ2v) is 5.12. The van der Waals surface area contributed by atoms with Crippen LogP contribution in [0.2, 0.25) is 5.02 Å². The monoisotopic (exact) mass is 266 g/mol. The molecule has 1 rings (SSSR count). The van der Waals surface area contributed by atoms with Crippen LogP contribution in [0.25, 0.3) is 0 Å². The summed E-state index contributed by atoms with van der Waals surface area (Å²) in [6, 6.07) is 7.61. The molecule has 0 atom stereocenters. The van der Waals surface area contributed by atoms with Crippen LogP contribution in [0, 0.1) is 17.2 Å². The second-order valence-electron chi connectivity index (χ2n) is 4.68. The molecule has 3 nitrogen and oxygen atoms in total. The average molecular weight is 267 g/mol. The van der Waals surface area contributed by atoms with E-state index in [9.17, 15) is 5.11 Å². The molecular weight excluding hydrogens is 248 g/mol. The molecule has 4 heteroatoms. The fourth-order valence-corrected chi connectivity index (χ4v) is 2.07. The van der Waals surface area contributed by atoms with Crippen molar-refractivity contribution in [3.8, 4) is 6.07 Å². The normalized spacial score (nSPS) is 10.4. The summed E-state index contributed by atoms with van der Waals surface area (Å²) in [5.74, 6) is 0.481. The molecule has 0 saturated heterocycles. The van der Waals surface area contributed by atoms with Crippen molar-refractivity contribution in [3.05, 3.63) is 28.8 Å². The summed E-state index contributed by atoms with van der Waals surface area (Å²) in [4.78, 5) is 2.12. The number of anilines is 1. The molecule has 0 heterocycles. The quantitative estimate of drug-likeness (QED) is 0.860. The lowest BCUT2D eigenvalue weighted by molar-refractivity contribution is 0.282. The lowest BCUT2D eigenvalue weighted by Gasteiger charge is -2.28. The molecule has 1 N–H and O–H groups in total. The molecule has 0 unspecified atom stereocenters. The second kappa shape index (κ2) is 7.25. The van der Waals surface area contributed by atoms with Gasteiger partial charge in [-0.15, -0.1) is 0 Å². The van der Waals surface area contributed by atoms with Crippen LogP contribution >= 0.6 is 11.6 Å². The van der Waals surface area contributed by atoms with Gasteiger partial charge in [-0.2, -0.15) is 5.26 Å². The Morgan fingerprint density at radius 3 is 2.72 bits per heavy atom. The highest BCUT2D eigenvalue weighted by Crippen LogP contribution is 2.26. The van der Waals surface area contributed by atoms with Crippen LogP contribution in [0.1, 0.15) is 25.8 Å². The Bertz CT molecular complexity index is 426. The van der Waals surface area contributed by atoms with E-state index in [1.807, 2.05) is 12.1 Å². The van der Waals surface area contributed by atoms with Gasteiger partial charge in [-0.3, -0.25) is 0 Å². The standard InChI is InChI=1S/C14H19ClN2O/c1-11(2)9-17(7-3-6-16)14-8-13(15)5-4-12(14)10-18/h4-5,8,11,18H,3,7,9-10H2,1-2H3. The molecule has 0 aliphatic rings. The van der Waals surface area contributed by atoms with Gasteiger partial charge >= 0.3 is 0 Å². The smallest absolute Gasteiger partial charge is 0.0702 e. The maximum Gasteiger partial charge on any atom is 0.0702 e. The van der Waals surface area contributed by atoms with Gasteiger partial charge in [0.25, 0.3) is 0 Å². The molecule has 0 amide bonds. The lowest BCUT2D eigenvalue weighted by Crippen LogP contribution is -2.29. The zero-order chi connectivity index (χ0) is 13.5. The number of aliphatic hydroxyl groups excluding tert-OH is 1. The Labute approximate surface area is 114 Å². The van der Waals surface area contributed by atoms with E-state index in [4.69, 9.17) is 16.9 Å². The zero-order valence-electron chi connectivity index (χ0n) is 10.9. The minimum absolute atomic E-state index is 0.0202. The molecule has 0 aliphatic carbocycles. The number of nitrogens with zero attached hydrogens (tertiary/aromatic N) is 2. The van der Waals surface area contributed by atoms with E-state index in [0.29, 0.717) is 23.9 Å². The number of hydrogen-bond acceptors (Lipinski definition) is 3. The van der Waals surface area contributed by atoms with Crippen molar-refractivity contribution in [2.45, 2.75) is 26.9 Å².